The maximum Gasteiger partial charge on any atom is 0.0973 e. The van der Waals surface area contributed by atoms with Crippen LogP contribution in [0.15, 0.2) is 24.3 Å². The van der Waals surface area contributed by atoms with Crippen LogP contribution in [0.3, 0.4) is 0 Å². The van der Waals surface area contributed by atoms with E-state index >= 15 is 0 Å². The van der Waals surface area contributed by atoms with Crippen LogP contribution in [-0.2, 0) is 0 Å². The number of aliphatic hydroxyl groups excluding tert-OH is 1. The lowest BCUT2D eigenvalue weighted by Gasteiger charge is -2.46. The number of aryl methyl sites for hydroxylation is 1. The van der Waals surface area contributed by atoms with E-state index in [-0.39, 0.29) is 5.54 Å². The molecule has 0 bridgehead atoms. The van der Waals surface area contributed by atoms with Gasteiger partial charge in [0.2, 0.25) is 0 Å². The molecule has 19 heavy (non-hydrogen) atoms. The highest BCUT2D eigenvalue weighted by atomic mass is 16.3. The quantitative estimate of drug-likeness (QED) is 0.805. The van der Waals surface area contributed by atoms with E-state index in [1.807, 2.05) is 12.1 Å². The summed E-state index contributed by atoms with van der Waals surface area (Å²) in [5.41, 5.74) is 2.09. The fraction of sp³-hybridized carbons (Fsp3) is 0.647. The minimum absolute atomic E-state index is 0.155. The standard InChI is InChI=1S/C17H29NO/c1-6-17(7-2,18(8-3)9-4)16(19)15-12-10-11-14(5)13-15/h10-13,16,19H,6-9H2,1-5H3. The van der Waals surface area contributed by atoms with Crippen molar-refractivity contribution in [3.05, 3.63) is 35.4 Å². The van der Waals surface area contributed by atoms with Gasteiger partial charge in [-0.25, -0.2) is 0 Å². The average Bonchev–Trinajstić information content (AvgIpc) is 2.44. The fourth-order valence-corrected chi connectivity index (χ4v) is 3.26. The minimum Gasteiger partial charge on any atom is -0.386 e. The maximum absolute atomic E-state index is 10.9. The number of hydrogen-bond donors (Lipinski definition) is 1. The summed E-state index contributed by atoms with van der Waals surface area (Å²) in [6.07, 6.45) is 1.49. The second kappa shape index (κ2) is 7.06. The Morgan fingerprint density at radius 3 is 2.11 bits per heavy atom. The van der Waals surface area contributed by atoms with Gasteiger partial charge in [-0.05, 0) is 38.4 Å². The summed E-state index contributed by atoms with van der Waals surface area (Å²) in [4.78, 5) is 2.40. The van der Waals surface area contributed by atoms with Crippen molar-refractivity contribution in [1.29, 1.82) is 0 Å². The van der Waals surface area contributed by atoms with Gasteiger partial charge in [-0.2, -0.15) is 0 Å². The zero-order chi connectivity index (χ0) is 14.5. The molecule has 0 aliphatic heterocycles. The van der Waals surface area contributed by atoms with Gasteiger partial charge < -0.3 is 5.11 Å². The SMILES string of the molecule is CCN(CC)C(CC)(CC)C(O)c1cccc(C)c1. The molecule has 0 spiro atoms. The monoisotopic (exact) mass is 263 g/mol. The molecule has 0 radical (unpaired) electrons. The lowest BCUT2D eigenvalue weighted by atomic mass is 9.80. The largest absolute Gasteiger partial charge is 0.386 e. The van der Waals surface area contributed by atoms with Crippen LogP contribution in [0.5, 0.6) is 0 Å². The van der Waals surface area contributed by atoms with Gasteiger partial charge in [0, 0.05) is 0 Å². The molecule has 1 rings (SSSR count). The zero-order valence-corrected chi connectivity index (χ0v) is 13.1. The molecule has 1 atom stereocenters. The summed E-state index contributed by atoms with van der Waals surface area (Å²) >= 11 is 0. The Bertz CT molecular complexity index is 381. The fourth-order valence-electron chi connectivity index (χ4n) is 3.26. The molecule has 0 aliphatic rings. The highest BCUT2D eigenvalue weighted by Crippen LogP contribution is 2.37. The molecule has 2 heteroatoms. The molecule has 0 saturated carbocycles. The maximum atomic E-state index is 10.9. The zero-order valence-electron chi connectivity index (χ0n) is 13.1. The van der Waals surface area contributed by atoms with Crippen molar-refractivity contribution >= 4 is 0 Å². The topological polar surface area (TPSA) is 23.5 Å². The van der Waals surface area contributed by atoms with Crippen LogP contribution in [0.25, 0.3) is 0 Å². The van der Waals surface area contributed by atoms with Crippen LogP contribution >= 0.6 is 0 Å². The first-order chi connectivity index (χ1) is 9.05. The van der Waals surface area contributed by atoms with Gasteiger partial charge in [-0.3, -0.25) is 4.90 Å². The first-order valence-corrected chi connectivity index (χ1v) is 7.55. The van der Waals surface area contributed by atoms with Crippen molar-refractivity contribution in [2.75, 3.05) is 13.1 Å². The summed E-state index contributed by atoms with van der Waals surface area (Å²) in [7, 11) is 0. The number of aliphatic hydroxyl groups is 1. The Balaban J connectivity index is 3.17. The second-order valence-electron chi connectivity index (χ2n) is 5.30. The average molecular weight is 263 g/mol. The van der Waals surface area contributed by atoms with Crippen LogP contribution in [0.2, 0.25) is 0 Å². The van der Waals surface area contributed by atoms with E-state index in [4.69, 9.17) is 0 Å². The van der Waals surface area contributed by atoms with Crippen LogP contribution in [0.1, 0.15) is 57.8 Å². The highest BCUT2D eigenvalue weighted by molar-refractivity contribution is 5.26. The van der Waals surface area contributed by atoms with Crippen molar-refractivity contribution in [3.63, 3.8) is 0 Å². The summed E-state index contributed by atoms with van der Waals surface area (Å²) < 4.78 is 0. The Morgan fingerprint density at radius 2 is 1.68 bits per heavy atom. The predicted molar refractivity (Wildman–Crippen MR) is 82.4 cm³/mol. The molecule has 1 N–H and O–H groups in total. The number of nitrogens with zero attached hydrogens (tertiary/aromatic N) is 1. The van der Waals surface area contributed by atoms with E-state index in [2.05, 4.69) is 51.7 Å². The lowest BCUT2D eigenvalue weighted by Crippen LogP contribution is -2.52. The predicted octanol–water partition coefficient (Wildman–Crippen LogP) is 3.93. The number of rotatable bonds is 7. The molecule has 0 amide bonds. The van der Waals surface area contributed by atoms with Crippen molar-refractivity contribution in [3.8, 4) is 0 Å². The Labute approximate surface area is 118 Å². The summed E-state index contributed by atoms with van der Waals surface area (Å²) in [5.74, 6) is 0. The van der Waals surface area contributed by atoms with Crippen molar-refractivity contribution in [2.24, 2.45) is 0 Å². The van der Waals surface area contributed by atoms with Crippen LogP contribution < -0.4 is 0 Å². The Kier molecular flexibility index (Phi) is 6.02. The highest BCUT2D eigenvalue weighted by Gasteiger charge is 2.39. The molecule has 1 aromatic rings. The van der Waals surface area contributed by atoms with Gasteiger partial charge in [0.15, 0.2) is 0 Å². The number of hydrogen-bond acceptors (Lipinski definition) is 2. The van der Waals surface area contributed by atoms with E-state index < -0.39 is 6.10 Å². The normalized spacial score (nSPS) is 13.8. The second-order valence-corrected chi connectivity index (χ2v) is 5.30. The summed E-state index contributed by atoms with van der Waals surface area (Å²) in [6, 6.07) is 8.26. The number of likely N-dealkylation sites (N-methyl/N-ethyl adjacent to an activating group) is 1. The Morgan fingerprint density at radius 1 is 1.11 bits per heavy atom. The van der Waals surface area contributed by atoms with Gasteiger partial charge in [-0.1, -0.05) is 57.5 Å². The van der Waals surface area contributed by atoms with E-state index in [0.717, 1.165) is 31.5 Å². The van der Waals surface area contributed by atoms with Crippen LogP contribution in [0, 0.1) is 6.92 Å². The Hall–Kier alpha value is -0.860. The first kappa shape index (κ1) is 16.2. The van der Waals surface area contributed by atoms with Crippen molar-refractivity contribution in [2.45, 2.75) is 59.1 Å². The first-order valence-electron chi connectivity index (χ1n) is 7.55. The van der Waals surface area contributed by atoms with E-state index in [1.165, 1.54) is 5.56 Å². The third-order valence-corrected chi connectivity index (χ3v) is 4.48. The van der Waals surface area contributed by atoms with Crippen molar-refractivity contribution < 1.29 is 5.11 Å². The molecule has 0 aromatic heterocycles. The molecule has 0 heterocycles. The molecule has 0 aliphatic carbocycles. The third-order valence-electron chi connectivity index (χ3n) is 4.48. The molecule has 0 fully saturated rings. The lowest BCUT2D eigenvalue weighted by molar-refractivity contribution is -0.0366. The van der Waals surface area contributed by atoms with Crippen LogP contribution in [-0.4, -0.2) is 28.6 Å². The van der Waals surface area contributed by atoms with E-state index in [0.29, 0.717) is 0 Å². The minimum atomic E-state index is -0.428. The molecular formula is C17H29NO. The van der Waals surface area contributed by atoms with E-state index in [1.54, 1.807) is 0 Å². The van der Waals surface area contributed by atoms with E-state index in [9.17, 15) is 5.11 Å². The van der Waals surface area contributed by atoms with Gasteiger partial charge in [0.05, 0.1) is 11.6 Å². The smallest absolute Gasteiger partial charge is 0.0973 e. The summed E-state index contributed by atoms with van der Waals surface area (Å²) in [6.45, 7) is 12.7. The van der Waals surface area contributed by atoms with Crippen LogP contribution in [0.4, 0.5) is 0 Å². The van der Waals surface area contributed by atoms with Gasteiger partial charge >= 0.3 is 0 Å². The number of benzene rings is 1. The summed E-state index contributed by atoms with van der Waals surface area (Å²) in [5, 5.41) is 10.9. The molecule has 0 saturated heterocycles. The van der Waals surface area contributed by atoms with Crippen molar-refractivity contribution in [1.82, 2.24) is 4.90 Å². The molecular weight excluding hydrogens is 234 g/mol. The molecule has 2 nitrogen and oxygen atoms in total. The molecule has 1 aromatic carbocycles. The molecule has 108 valence electrons. The van der Waals surface area contributed by atoms with Gasteiger partial charge in [0.25, 0.3) is 0 Å². The van der Waals surface area contributed by atoms with Gasteiger partial charge in [0.1, 0.15) is 0 Å². The van der Waals surface area contributed by atoms with Gasteiger partial charge in [-0.15, -0.1) is 0 Å². The molecule has 1 unspecified atom stereocenters. The third kappa shape index (κ3) is 3.18.